The highest BCUT2D eigenvalue weighted by Gasteiger charge is 2.76. The summed E-state index contributed by atoms with van der Waals surface area (Å²) in [5, 5.41) is 49.7. The first-order valence-corrected chi connectivity index (χ1v) is 20.2. The third-order valence-corrected chi connectivity index (χ3v) is 16.8. The van der Waals surface area contributed by atoms with Crippen molar-refractivity contribution in [1.29, 1.82) is 0 Å². The van der Waals surface area contributed by atoms with Gasteiger partial charge in [-0.15, -0.1) is 0 Å². The quantitative estimate of drug-likeness (QED) is 0.218. The van der Waals surface area contributed by atoms with E-state index in [9.17, 15) is 20.4 Å². The molecular weight excluding hydrogens is 640 g/mol. The van der Waals surface area contributed by atoms with Gasteiger partial charge < -0.3 is 34.9 Å². The average Bonchev–Trinajstić information content (AvgIpc) is 4.01. The first kappa shape index (κ1) is 29.3. The predicted molar refractivity (Wildman–Crippen MR) is 187 cm³/mol. The number of nitrogens with zero attached hydrogens (tertiary/aromatic N) is 1. The second-order valence-corrected chi connectivity index (χ2v) is 18.8. The lowest BCUT2D eigenvalue weighted by atomic mass is 9.43. The molecule has 266 valence electrons. The number of benzene rings is 2. The van der Waals surface area contributed by atoms with Crippen LogP contribution in [0.3, 0.4) is 0 Å². The van der Waals surface area contributed by atoms with Crippen molar-refractivity contribution in [3.05, 3.63) is 69.0 Å². The summed E-state index contributed by atoms with van der Waals surface area (Å²) in [4.78, 5) is 6.52. The zero-order chi connectivity index (χ0) is 33.8. The summed E-state index contributed by atoms with van der Waals surface area (Å²) in [6.07, 6.45) is 13.3. The molecule has 1 aromatic heterocycles. The van der Waals surface area contributed by atoms with Crippen molar-refractivity contribution in [2.75, 3.05) is 13.1 Å². The fourth-order valence-electron chi connectivity index (χ4n) is 14.3. The van der Waals surface area contributed by atoms with Gasteiger partial charge in [0.2, 0.25) is 0 Å². The van der Waals surface area contributed by atoms with Gasteiger partial charge in [-0.2, -0.15) is 0 Å². The van der Waals surface area contributed by atoms with E-state index in [4.69, 9.17) is 9.47 Å². The van der Waals surface area contributed by atoms with E-state index in [0.717, 1.165) is 91.2 Å². The minimum absolute atomic E-state index is 0.0472. The summed E-state index contributed by atoms with van der Waals surface area (Å²) in [5.74, 6) is 3.57. The number of H-pyrrole nitrogens is 1. The standard InChI is InChI=1S/C43H48N2O6/c46-29-10-8-24-16-28-23(3-1-2-21-4-5-21)12-13-40-32(24)36(29)50-38(40)34-26(18-42(28,40)48)27-19-43(49)31-17-25-9-11-30(47)37-33(25)41(43,39(51-37)35(27)44-34)14-15-45(31)20-22-6-7-22/h8-11,21-23,28,31,38-39,44,46-49H,1-7,12-20H2. The number of phenolic OH excluding ortho intramolecular Hbond substituents is 2. The fraction of sp³-hybridized carbons (Fsp3) is 0.628. The normalized spacial score (nSPS) is 41.3. The van der Waals surface area contributed by atoms with Gasteiger partial charge in [-0.05, 0) is 110 Å². The number of aliphatic hydroxyl groups is 2. The summed E-state index contributed by atoms with van der Waals surface area (Å²) in [7, 11) is 0. The van der Waals surface area contributed by atoms with Gasteiger partial charge in [-0.25, -0.2) is 0 Å². The molecule has 8 nitrogen and oxygen atoms in total. The molecule has 9 atom stereocenters. The first-order chi connectivity index (χ1) is 24.7. The van der Waals surface area contributed by atoms with Gasteiger partial charge >= 0.3 is 0 Å². The van der Waals surface area contributed by atoms with Crippen molar-refractivity contribution in [3.63, 3.8) is 0 Å². The molecule has 13 rings (SSSR count). The summed E-state index contributed by atoms with van der Waals surface area (Å²) in [5.41, 5.74) is 5.21. The predicted octanol–water partition coefficient (Wildman–Crippen LogP) is 5.95. The molecule has 0 radical (unpaired) electrons. The highest BCUT2D eigenvalue weighted by atomic mass is 16.5. The Morgan fingerprint density at radius 3 is 2.02 bits per heavy atom. The van der Waals surface area contributed by atoms with Crippen molar-refractivity contribution in [1.82, 2.24) is 9.88 Å². The number of aromatic nitrogens is 1. The second kappa shape index (κ2) is 9.11. The largest absolute Gasteiger partial charge is 0.504 e. The molecule has 4 fully saturated rings. The van der Waals surface area contributed by atoms with Crippen molar-refractivity contribution >= 4 is 0 Å². The van der Waals surface area contributed by atoms with Gasteiger partial charge in [-0.1, -0.05) is 44.2 Å². The Labute approximate surface area is 298 Å². The number of fused-ring (bicyclic) bond motifs is 5. The molecule has 2 spiro atoms. The number of piperidine rings is 1. The lowest BCUT2D eigenvalue weighted by molar-refractivity contribution is -0.176. The third-order valence-electron chi connectivity index (χ3n) is 16.8. The van der Waals surface area contributed by atoms with Gasteiger partial charge in [0, 0.05) is 36.6 Å². The van der Waals surface area contributed by atoms with Crippen LogP contribution >= 0.6 is 0 Å². The van der Waals surface area contributed by atoms with E-state index in [1.165, 1.54) is 49.7 Å². The maximum absolute atomic E-state index is 13.6. The molecule has 51 heavy (non-hydrogen) atoms. The number of nitrogens with one attached hydrogen (secondary N) is 1. The average molecular weight is 689 g/mol. The number of hydrogen-bond acceptors (Lipinski definition) is 7. The topological polar surface area (TPSA) is 118 Å². The van der Waals surface area contributed by atoms with Crippen LogP contribution in [0, 0.1) is 23.7 Å². The SMILES string of the molecule is Oc1ccc2c3c1OC1c4[nH]c5c(c4CC4(O)C(C2)C(CCCC2CC2)CCC314)CC1(O)C2Cc3ccc(O)c4c3C1(CCN2CC1CC1)C5O4. The summed E-state index contributed by atoms with van der Waals surface area (Å²) in [6, 6.07) is 7.69. The molecule has 3 aromatic rings. The number of rotatable bonds is 6. The number of likely N-dealkylation sites (tertiary alicyclic amines) is 1. The molecule has 1 saturated heterocycles. The van der Waals surface area contributed by atoms with Gasteiger partial charge in [0.1, 0.15) is 0 Å². The Bertz CT molecular complexity index is 2080. The Morgan fingerprint density at radius 1 is 0.725 bits per heavy atom. The Morgan fingerprint density at radius 2 is 1.35 bits per heavy atom. The maximum Gasteiger partial charge on any atom is 0.166 e. The Balaban J connectivity index is 0.997. The fourth-order valence-corrected chi connectivity index (χ4v) is 14.3. The molecule has 4 heterocycles. The smallest absolute Gasteiger partial charge is 0.166 e. The molecule has 9 unspecified atom stereocenters. The van der Waals surface area contributed by atoms with Gasteiger partial charge in [0.25, 0.3) is 0 Å². The van der Waals surface area contributed by atoms with Gasteiger partial charge in [0.05, 0.1) is 33.4 Å². The van der Waals surface area contributed by atoms with Crippen LogP contribution in [0.15, 0.2) is 24.3 Å². The number of aromatic hydroxyl groups is 2. The highest BCUT2D eigenvalue weighted by Crippen LogP contribution is 2.74. The van der Waals surface area contributed by atoms with E-state index < -0.39 is 34.2 Å². The van der Waals surface area contributed by atoms with Crippen LogP contribution in [-0.2, 0) is 36.5 Å². The molecule has 10 aliphatic rings. The molecule has 0 amide bonds. The van der Waals surface area contributed by atoms with Crippen LogP contribution in [0.2, 0.25) is 0 Å². The van der Waals surface area contributed by atoms with Crippen LogP contribution in [0.1, 0.15) is 121 Å². The first-order valence-electron chi connectivity index (χ1n) is 20.2. The lowest BCUT2D eigenvalue weighted by Gasteiger charge is -2.63. The van der Waals surface area contributed by atoms with E-state index in [-0.39, 0.29) is 23.5 Å². The van der Waals surface area contributed by atoms with Crippen LogP contribution in [-0.4, -0.2) is 60.6 Å². The van der Waals surface area contributed by atoms with Crippen LogP contribution in [0.25, 0.3) is 0 Å². The molecule has 4 bridgehead atoms. The third kappa shape index (κ3) is 3.22. The van der Waals surface area contributed by atoms with Crippen molar-refractivity contribution in [3.8, 4) is 23.0 Å². The number of ether oxygens (including phenoxy) is 2. The van der Waals surface area contributed by atoms with Crippen LogP contribution < -0.4 is 9.47 Å². The van der Waals surface area contributed by atoms with Gasteiger partial charge in [0.15, 0.2) is 35.2 Å². The van der Waals surface area contributed by atoms with Crippen LogP contribution in [0.4, 0.5) is 0 Å². The van der Waals surface area contributed by atoms with Crippen molar-refractivity contribution < 1.29 is 29.9 Å². The van der Waals surface area contributed by atoms with Crippen LogP contribution in [0.5, 0.6) is 23.0 Å². The second-order valence-electron chi connectivity index (χ2n) is 18.8. The van der Waals surface area contributed by atoms with Crippen molar-refractivity contribution in [2.24, 2.45) is 23.7 Å². The molecule has 5 N–H and O–H groups in total. The van der Waals surface area contributed by atoms with E-state index >= 15 is 0 Å². The Kier molecular flexibility index (Phi) is 5.23. The molecular formula is C43H48N2O6. The minimum atomic E-state index is -1.09. The summed E-state index contributed by atoms with van der Waals surface area (Å²) < 4.78 is 13.9. The minimum Gasteiger partial charge on any atom is -0.504 e. The zero-order valence-corrected chi connectivity index (χ0v) is 29.2. The monoisotopic (exact) mass is 688 g/mol. The Hall–Kier alpha value is -3.20. The molecule has 8 heteroatoms. The van der Waals surface area contributed by atoms with E-state index in [1.54, 1.807) is 12.1 Å². The number of aromatic amines is 1. The molecule has 3 saturated carbocycles. The van der Waals surface area contributed by atoms with E-state index in [2.05, 4.69) is 22.0 Å². The summed E-state index contributed by atoms with van der Waals surface area (Å²) >= 11 is 0. The van der Waals surface area contributed by atoms with Crippen molar-refractivity contribution in [2.45, 2.75) is 130 Å². The highest BCUT2D eigenvalue weighted by molar-refractivity contribution is 5.68. The van der Waals surface area contributed by atoms with E-state index in [0.29, 0.717) is 36.2 Å². The zero-order valence-electron chi connectivity index (χ0n) is 29.2. The number of hydrogen-bond donors (Lipinski definition) is 5. The molecule has 3 aliphatic heterocycles. The lowest BCUT2D eigenvalue weighted by Crippen LogP contribution is -2.74. The maximum atomic E-state index is 13.6. The summed E-state index contributed by atoms with van der Waals surface area (Å²) in [6.45, 7) is 1.93. The van der Waals surface area contributed by atoms with Gasteiger partial charge in [-0.3, -0.25) is 4.90 Å². The van der Waals surface area contributed by atoms with E-state index in [1.807, 2.05) is 0 Å². The molecule has 7 aliphatic carbocycles. The molecule has 2 aromatic carbocycles. The number of phenols is 2.